The van der Waals surface area contributed by atoms with Gasteiger partial charge in [-0.15, -0.1) is 0 Å². The Morgan fingerprint density at radius 2 is 1.04 bits per heavy atom. The minimum Gasteiger partial charge on any atom is -0.370 e. The first-order chi connectivity index (χ1) is 21.7. The molecule has 4 N–H and O–H groups in total. The van der Waals surface area contributed by atoms with E-state index in [-0.39, 0.29) is 41.2 Å². The topological polar surface area (TPSA) is 201 Å². The summed E-state index contributed by atoms with van der Waals surface area (Å²) in [6.07, 6.45) is 5.70. The van der Waals surface area contributed by atoms with Crippen LogP contribution in [0.25, 0.3) is 0 Å². The molecule has 0 aliphatic carbocycles. The van der Waals surface area contributed by atoms with Crippen LogP contribution in [0.15, 0.2) is 48.8 Å². The average Bonchev–Trinajstić information content (AvgIpc) is 2.99. The maximum absolute atomic E-state index is 12.9. The van der Waals surface area contributed by atoms with E-state index in [4.69, 9.17) is 23.1 Å². The lowest BCUT2D eigenvalue weighted by Crippen LogP contribution is -2.24. The van der Waals surface area contributed by atoms with E-state index in [1.54, 1.807) is 6.07 Å². The van der Waals surface area contributed by atoms with Crippen LogP contribution in [0.4, 0.5) is 0 Å². The Balaban J connectivity index is 0.000000474. The highest BCUT2D eigenvalue weighted by atomic mass is 35.5. The minimum atomic E-state index is -3.69. The molecule has 1 amide bonds. The van der Waals surface area contributed by atoms with Gasteiger partial charge in [-0.25, -0.2) is 16.8 Å². The summed E-state index contributed by atoms with van der Waals surface area (Å²) in [5.74, 6) is -1.13. The summed E-state index contributed by atoms with van der Waals surface area (Å²) in [4.78, 5) is 27.5. The van der Waals surface area contributed by atoms with E-state index in [9.17, 15) is 34.8 Å². The maximum atomic E-state index is 12.9. The van der Waals surface area contributed by atoms with Crippen molar-refractivity contribution in [1.82, 2.24) is 0 Å². The Morgan fingerprint density at radius 1 is 0.702 bits per heavy atom. The fraction of sp³-hybridized carbons (Fsp3) is 0.516. The van der Waals surface area contributed by atoms with Crippen LogP contribution in [-0.4, -0.2) is 65.4 Å². The van der Waals surface area contributed by atoms with Crippen molar-refractivity contribution in [2.24, 2.45) is 16.5 Å². The Bertz CT molecular complexity index is 1760. The summed E-state index contributed by atoms with van der Waals surface area (Å²) in [7, 11) is -10.3. The molecule has 2 aromatic rings. The Labute approximate surface area is 289 Å². The lowest BCUT2D eigenvalue weighted by molar-refractivity contribution is 0.100. The average molecular weight is 752 g/mol. The van der Waals surface area contributed by atoms with Gasteiger partial charge in [0.05, 0.1) is 41.2 Å². The van der Waals surface area contributed by atoms with Gasteiger partial charge in [-0.05, 0) is 85.5 Å². The van der Waals surface area contributed by atoms with Crippen molar-refractivity contribution < 1.29 is 34.8 Å². The minimum absolute atomic E-state index is 0.0704. The normalized spacial score (nSPS) is 13.1. The fourth-order valence-corrected chi connectivity index (χ4v) is 10.8. The second-order valence-corrected chi connectivity index (χ2v) is 18.5. The predicted molar refractivity (Wildman–Crippen MR) is 190 cm³/mol. The number of nitrogens with zero attached hydrogens (tertiary/aromatic N) is 1. The zero-order chi connectivity index (χ0) is 36.4. The summed E-state index contributed by atoms with van der Waals surface area (Å²) in [6, 6.07) is 5.58. The third-order valence-corrected chi connectivity index (χ3v) is 14.3. The van der Waals surface area contributed by atoms with Crippen molar-refractivity contribution in [2.75, 3.05) is 12.5 Å². The largest absolute Gasteiger partial charge is 0.370 e. The summed E-state index contributed by atoms with van der Waals surface area (Å²) >= 11 is 5.55. The molecular formula is C31H46ClN3O8S4. The van der Waals surface area contributed by atoms with Gasteiger partial charge in [-0.1, -0.05) is 41.5 Å². The molecule has 2 atom stereocenters. The molecule has 0 fully saturated rings. The first kappa shape index (κ1) is 42.6. The number of guanidine groups is 1. The number of aryl methyl sites for hydroxylation is 2. The van der Waals surface area contributed by atoms with Gasteiger partial charge >= 0.3 is 0 Å². The fourth-order valence-electron chi connectivity index (χ4n) is 4.78. The van der Waals surface area contributed by atoms with Crippen molar-refractivity contribution in [3.63, 3.8) is 0 Å². The van der Waals surface area contributed by atoms with Crippen LogP contribution in [0.2, 0.25) is 0 Å². The van der Waals surface area contributed by atoms with E-state index in [0.717, 1.165) is 12.5 Å². The van der Waals surface area contributed by atoms with Gasteiger partial charge in [0, 0.05) is 34.1 Å². The number of nitrogens with two attached hydrogens (primary N) is 2. The molecule has 0 heterocycles. The van der Waals surface area contributed by atoms with E-state index >= 15 is 0 Å². The second-order valence-electron chi connectivity index (χ2n) is 10.8. The van der Waals surface area contributed by atoms with E-state index in [2.05, 4.69) is 4.99 Å². The third-order valence-electron chi connectivity index (χ3n) is 7.43. The third kappa shape index (κ3) is 11.3. The van der Waals surface area contributed by atoms with Crippen LogP contribution in [0, 0.1) is 0 Å². The Hall–Kier alpha value is -2.46. The second kappa shape index (κ2) is 18.3. The van der Waals surface area contributed by atoms with Crippen molar-refractivity contribution >= 4 is 70.0 Å². The number of hydrogen-bond donors (Lipinski definition) is 2. The molecule has 0 saturated heterocycles. The molecule has 2 unspecified atom stereocenters. The summed E-state index contributed by atoms with van der Waals surface area (Å²) in [5, 5.41) is -0.992. The number of hydrogen-bond acceptors (Lipinski definition) is 8. The standard InChI is InChI=1S/C16H25N3O4S2.C15H21ClO4S2/c1-5-10-8-13(24(21)11(6-2)7-3)14(25(4,22)23)9-12(10)15(20)19-16(17)18;1-5-10-8-13(21(18)11(6-2)7-3)14(22(4,19)20)9-12(10)15(16)17/h8-9,11H,5-7H2,1-4H3,(H4,17,18,19,20);8-9,11H,5-7H2,1-4H3. The van der Waals surface area contributed by atoms with Crippen LogP contribution < -0.4 is 11.5 Å². The van der Waals surface area contributed by atoms with E-state index in [1.807, 2.05) is 41.5 Å². The molecule has 0 spiro atoms. The zero-order valence-electron chi connectivity index (χ0n) is 28.1. The summed E-state index contributed by atoms with van der Waals surface area (Å²) in [6.45, 7) is 11.3. The van der Waals surface area contributed by atoms with E-state index < -0.39 is 58.4 Å². The number of rotatable bonds is 14. The van der Waals surface area contributed by atoms with Crippen LogP contribution in [0.3, 0.4) is 0 Å². The molecule has 11 nitrogen and oxygen atoms in total. The maximum Gasteiger partial charge on any atom is 0.280 e. The Morgan fingerprint density at radius 3 is 1.32 bits per heavy atom. The monoisotopic (exact) mass is 751 g/mol. The lowest BCUT2D eigenvalue weighted by Gasteiger charge is -2.17. The molecular weight excluding hydrogens is 706 g/mol. The number of sulfone groups is 2. The number of amides is 1. The van der Waals surface area contributed by atoms with Crippen LogP contribution in [-0.2, 0) is 54.1 Å². The van der Waals surface area contributed by atoms with Crippen LogP contribution >= 0.6 is 11.6 Å². The highest BCUT2D eigenvalue weighted by Gasteiger charge is 2.27. The van der Waals surface area contributed by atoms with Crippen molar-refractivity contribution in [3.05, 3.63) is 46.5 Å². The molecule has 0 radical (unpaired) electrons. The molecule has 0 bridgehead atoms. The Kier molecular flexibility index (Phi) is 16.6. The molecule has 0 saturated carbocycles. The number of carbonyl (C=O) groups excluding carboxylic acids is 2. The zero-order valence-corrected chi connectivity index (χ0v) is 32.1. The predicted octanol–water partition coefficient (Wildman–Crippen LogP) is 4.69. The lowest BCUT2D eigenvalue weighted by atomic mass is 10.0. The van der Waals surface area contributed by atoms with Gasteiger partial charge in [0.25, 0.3) is 11.1 Å². The smallest absolute Gasteiger partial charge is 0.280 e. The van der Waals surface area contributed by atoms with Gasteiger partial charge in [-0.2, -0.15) is 4.99 Å². The molecule has 0 aromatic heterocycles. The number of benzene rings is 2. The van der Waals surface area contributed by atoms with E-state index in [0.29, 0.717) is 49.7 Å². The SMILES string of the molecule is CCc1cc(S(=O)C(CC)CC)c(S(C)(=O)=O)cc1C(=O)Cl.CCc1cc(S(=O)C(CC)CC)c(S(C)(=O)=O)cc1C(=O)N=C(N)N. The highest BCUT2D eigenvalue weighted by Crippen LogP contribution is 2.30. The number of halogens is 1. The molecule has 0 aliphatic heterocycles. The summed E-state index contributed by atoms with van der Waals surface area (Å²) < 4.78 is 74.2. The molecule has 0 aliphatic rings. The van der Waals surface area contributed by atoms with Gasteiger partial charge in [0.1, 0.15) is 0 Å². The summed E-state index contributed by atoms with van der Waals surface area (Å²) in [5.41, 5.74) is 11.9. The number of carbonyl (C=O) groups is 2. The van der Waals surface area contributed by atoms with Gasteiger partial charge in [-0.3, -0.25) is 18.0 Å². The quantitative estimate of drug-likeness (QED) is 0.155. The highest BCUT2D eigenvalue weighted by molar-refractivity contribution is 7.92. The van der Waals surface area contributed by atoms with Crippen molar-refractivity contribution in [3.8, 4) is 0 Å². The van der Waals surface area contributed by atoms with Crippen LogP contribution in [0.5, 0.6) is 0 Å². The van der Waals surface area contributed by atoms with Gasteiger partial charge in [0.15, 0.2) is 25.6 Å². The molecule has 264 valence electrons. The number of aliphatic imine (C=N–C) groups is 1. The van der Waals surface area contributed by atoms with Gasteiger partial charge < -0.3 is 11.5 Å². The molecule has 2 aromatic carbocycles. The molecule has 2 rings (SSSR count). The van der Waals surface area contributed by atoms with E-state index in [1.165, 1.54) is 18.2 Å². The first-order valence-electron chi connectivity index (χ1n) is 15.1. The van der Waals surface area contributed by atoms with Crippen LogP contribution in [0.1, 0.15) is 99.1 Å². The van der Waals surface area contributed by atoms with Crippen molar-refractivity contribution in [2.45, 2.75) is 110 Å². The molecule has 47 heavy (non-hydrogen) atoms. The first-order valence-corrected chi connectivity index (χ1v) is 21.7. The van der Waals surface area contributed by atoms with Gasteiger partial charge in [0.2, 0.25) is 0 Å². The molecule has 16 heteroatoms. The van der Waals surface area contributed by atoms with Crippen molar-refractivity contribution in [1.29, 1.82) is 0 Å².